The molecule has 2 saturated carbocycles. The molecule has 8 rings (SSSR count). The van der Waals surface area contributed by atoms with Gasteiger partial charge in [0.1, 0.15) is 6.10 Å². The number of amides is 1. The van der Waals surface area contributed by atoms with Crippen LogP contribution < -0.4 is 10.1 Å². The molecule has 1 spiro atoms. The molecule has 37 heavy (non-hydrogen) atoms. The molecule has 5 aliphatic rings. The quantitative estimate of drug-likeness (QED) is 0.459. The molecule has 0 unspecified atom stereocenters. The largest absolute Gasteiger partial charge is 0.504 e. The molecular formula is C29H31ClN2O4S. The zero-order valence-electron chi connectivity index (χ0n) is 20.5. The Labute approximate surface area is 226 Å². The van der Waals surface area contributed by atoms with Gasteiger partial charge in [-0.2, -0.15) is 0 Å². The number of aromatic hydroxyl groups is 1. The van der Waals surface area contributed by atoms with Crippen molar-refractivity contribution in [2.45, 2.75) is 67.7 Å². The standard InChI is InChI=1S/C29H30N2O4S.ClH/c32-21-7-6-18-14-22-29(34)10-8-20(30-27(33)19-3-1-2-17-9-13-36-25(17)19)26-28(29,23(18)24(21)35-26)11-12-31(22)15-16-4-5-16;/h1-3,6-7,9,13,16,20,22,26,32,34H,4-5,8,10-12,14-15H2,(H,30,33);1H/t20-,22-,26+,28+,29-;/m1./s1. The summed E-state index contributed by atoms with van der Waals surface area (Å²) in [6.07, 6.45) is 4.98. The number of likely N-dealkylation sites (tertiary alicyclic amines) is 1. The molecule has 2 bridgehead atoms. The average Bonchev–Trinajstić information content (AvgIpc) is 3.41. The number of hydrogen-bond acceptors (Lipinski definition) is 6. The van der Waals surface area contributed by atoms with Gasteiger partial charge in [-0.25, -0.2) is 0 Å². The summed E-state index contributed by atoms with van der Waals surface area (Å²) >= 11 is 1.58. The number of aliphatic hydroxyl groups is 1. The number of ether oxygens (including phenoxy) is 1. The number of hydrogen-bond donors (Lipinski definition) is 3. The number of benzene rings is 2. The first-order valence-electron chi connectivity index (χ1n) is 13.2. The smallest absolute Gasteiger partial charge is 0.253 e. The van der Waals surface area contributed by atoms with Crippen molar-refractivity contribution >= 4 is 39.7 Å². The first-order valence-corrected chi connectivity index (χ1v) is 14.1. The molecular weight excluding hydrogens is 508 g/mol. The van der Waals surface area contributed by atoms with E-state index in [2.05, 4.69) is 10.2 Å². The second-order valence-electron chi connectivity index (χ2n) is 11.6. The van der Waals surface area contributed by atoms with Crippen LogP contribution in [0.25, 0.3) is 10.1 Å². The van der Waals surface area contributed by atoms with Crippen molar-refractivity contribution in [1.29, 1.82) is 0 Å². The average molecular weight is 539 g/mol. The number of rotatable bonds is 4. The van der Waals surface area contributed by atoms with Gasteiger partial charge in [0.25, 0.3) is 5.91 Å². The Morgan fingerprint density at radius 2 is 2.03 bits per heavy atom. The highest BCUT2D eigenvalue weighted by molar-refractivity contribution is 7.17. The first-order chi connectivity index (χ1) is 17.5. The fraction of sp³-hybridized carbons (Fsp3) is 0.483. The lowest BCUT2D eigenvalue weighted by Crippen LogP contribution is -2.78. The van der Waals surface area contributed by atoms with Crippen LogP contribution in [0.3, 0.4) is 0 Å². The van der Waals surface area contributed by atoms with Crippen LogP contribution in [0.1, 0.15) is 53.6 Å². The number of nitrogens with zero attached hydrogens (tertiary/aromatic N) is 1. The second kappa shape index (κ2) is 8.09. The van der Waals surface area contributed by atoms with E-state index in [4.69, 9.17) is 4.74 Å². The molecule has 3 aliphatic carbocycles. The second-order valence-corrected chi connectivity index (χ2v) is 12.5. The summed E-state index contributed by atoms with van der Waals surface area (Å²) in [5, 5.41) is 29.8. The third-order valence-corrected chi connectivity index (χ3v) is 10.8. The van der Waals surface area contributed by atoms with Gasteiger partial charge in [-0.15, -0.1) is 23.7 Å². The highest BCUT2D eigenvalue weighted by Crippen LogP contribution is 2.65. The topological polar surface area (TPSA) is 82.0 Å². The number of piperidine rings is 1. The summed E-state index contributed by atoms with van der Waals surface area (Å²) < 4.78 is 7.57. The predicted molar refractivity (Wildman–Crippen MR) is 145 cm³/mol. The van der Waals surface area contributed by atoms with Crippen LogP contribution in [0, 0.1) is 5.92 Å². The summed E-state index contributed by atoms with van der Waals surface area (Å²) in [6, 6.07) is 11.4. The van der Waals surface area contributed by atoms with Gasteiger partial charge in [-0.05, 0) is 85.5 Å². The SMILES string of the molecule is Cl.O=C(N[C@@H]1CC[C@@]2(O)[C@H]3Cc4ccc(O)c5c4[C@@]2(CCN3CC2CC2)[C@H]1O5)c1cccc2ccsc12. The van der Waals surface area contributed by atoms with E-state index in [1.165, 1.54) is 18.4 Å². The number of phenolic OH excluding ortho intramolecular Hbond substituents is 1. The maximum Gasteiger partial charge on any atom is 0.253 e. The van der Waals surface area contributed by atoms with E-state index in [-0.39, 0.29) is 36.1 Å². The number of thiophene rings is 1. The summed E-state index contributed by atoms with van der Waals surface area (Å²) in [5.74, 6) is 1.31. The van der Waals surface area contributed by atoms with Crippen molar-refractivity contribution in [1.82, 2.24) is 10.2 Å². The summed E-state index contributed by atoms with van der Waals surface area (Å²) in [6.45, 7) is 1.97. The van der Waals surface area contributed by atoms with E-state index < -0.39 is 17.1 Å². The van der Waals surface area contributed by atoms with Crippen molar-refractivity contribution < 1.29 is 19.7 Å². The number of nitrogens with one attached hydrogen (secondary N) is 1. The molecule has 2 aromatic carbocycles. The highest BCUT2D eigenvalue weighted by Gasteiger charge is 2.73. The minimum absolute atomic E-state index is 0. The minimum Gasteiger partial charge on any atom is -0.504 e. The first kappa shape index (κ1) is 23.8. The van der Waals surface area contributed by atoms with Gasteiger partial charge in [0, 0.05) is 22.8 Å². The maximum absolute atomic E-state index is 13.6. The highest BCUT2D eigenvalue weighted by atomic mass is 35.5. The van der Waals surface area contributed by atoms with Crippen molar-refractivity contribution in [2.75, 3.05) is 13.1 Å². The molecule has 3 aromatic rings. The van der Waals surface area contributed by atoms with Crippen LogP contribution >= 0.6 is 23.7 Å². The van der Waals surface area contributed by atoms with E-state index in [1.54, 1.807) is 17.4 Å². The zero-order valence-corrected chi connectivity index (χ0v) is 22.1. The van der Waals surface area contributed by atoms with Crippen LogP contribution in [-0.2, 0) is 11.8 Å². The lowest BCUT2D eigenvalue weighted by Gasteiger charge is -2.64. The molecule has 3 fully saturated rings. The van der Waals surface area contributed by atoms with Gasteiger partial charge < -0.3 is 20.3 Å². The fourth-order valence-corrected chi connectivity index (χ4v) is 8.96. The Balaban J connectivity index is 0.00000231. The molecule has 1 saturated heterocycles. The Morgan fingerprint density at radius 1 is 1.16 bits per heavy atom. The van der Waals surface area contributed by atoms with E-state index in [9.17, 15) is 15.0 Å². The predicted octanol–water partition coefficient (Wildman–Crippen LogP) is 4.39. The Bertz CT molecular complexity index is 1420. The number of carbonyl (C=O) groups is 1. The number of carbonyl (C=O) groups excluding carboxylic acids is 1. The Kier molecular flexibility index (Phi) is 5.20. The van der Waals surface area contributed by atoms with Crippen LogP contribution in [0.4, 0.5) is 0 Å². The van der Waals surface area contributed by atoms with Gasteiger partial charge in [0.15, 0.2) is 11.5 Å². The molecule has 8 heteroatoms. The molecule has 5 atom stereocenters. The minimum atomic E-state index is -0.939. The fourth-order valence-electron chi connectivity index (χ4n) is 8.05. The van der Waals surface area contributed by atoms with E-state index in [0.29, 0.717) is 24.2 Å². The van der Waals surface area contributed by atoms with Crippen molar-refractivity contribution in [3.8, 4) is 11.5 Å². The van der Waals surface area contributed by atoms with Crippen molar-refractivity contribution in [3.05, 3.63) is 58.5 Å². The van der Waals surface area contributed by atoms with E-state index >= 15 is 0 Å². The van der Waals surface area contributed by atoms with Gasteiger partial charge in [0.05, 0.1) is 22.6 Å². The molecule has 194 valence electrons. The van der Waals surface area contributed by atoms with Crippen LogP contribution in [-0.4, -0.2) is 57.9 Å². The van der Waals surface area contributed by atoms with Gasteiger partial charge in [-0.1, -0.05) is 18.2 Å². The Hall–Kier alpha value is -2.32. The third-order valence-electron chi connectivity index (χ3n) is 9.80. The number of phenols is 1. The molecule has 3 heterocycles. The monoisotopic (exact) mass is 538 g/mol. The number of fused-ring (bicyclic) bond motifs is 1. The molecule has 2 aliphatic heterocycles. The van der Waals surface area contributed by atoms with Gasteiger partial charge >= 0.3 is 0 Å². The molecule has 6 nitrogen and oxygen atoms in total. The molecule has 0 radical (unpaired) electrons. The normalized spacial score (nSPS) is 33.4. The summed E-state index contributed by atoms with van der Waals surface area (Å²) in [5.41, 5.74) is 1.30. The zero-order chi connectivity index (χ0) is 24.2. The molecule has 1 aromatic heterocycles. The van der Waals surface area contributed by atoms with Crippen molar-refractivity contribution in [2.24, 2.45) is 5.92 Å². The van der Waals surface area contributed by atoms with E-state index in [0.717, 1.165) is 47.5 Å². The maximum atomic E-state index is 13.6. The lowest BCUT2D eigenvalue weighted by atomic mass is 9.48. The van der Waals surface area contributed by atoms with Crippen LogP contribution in [0.5, 0.6) is 11.5 Å². The third kappa shape index (κ3) is 3.08. The van der Waals surface area contributed by atoms with E-state index in [1.807, 2.05) is 35.7 Å². The van der Waals surface area contributed by atoms with Gasteiger partial charge in [0.2, 0.25) is 0 Å². The number of halogens is 1. The molecule has 1 amide bonds. The molecule has 3 N–H and O–H groups in total. The lowest BCUT2D eigenvalue weighted by molar-refractivity contribution is -0.191. The van der Waals surface area contributed by atoms with Crippen LogP contribution in [0.2, 0.25) is 0 Å². The van der Waals surface area contributed by atoms with Gasteiger partial charge in [-0.3, -0.25) is 9.69 Å². The Morgan fingerprint density at radius 3 is 2.86 bits per heavy atom. The summed E-state index contributed by atoms with van der Waals surface area (Å²) in [4.78, 5) is 16.1. The van der Waals surface area contributed by atoms with Crippen molar-refractivity contribution in [3.63, 3.8) is 0 Å². The summed E-state index contributed by atoms with van der Waals surface area (Å²) in [7, 11) is 0. The van der Waals surface area contributed by atoms with Crippen LogP contribution in [0.15, 0.2) is 41.8 Å².